The Bertz CT molecular complexity index is 684. The van der Waals surface area contributed by atoms with E-state index in [4.69, 9.17) is 10.5 Å². The van der Waals surface area contributed by atoms with Gasteiger partial charge in [0.05, 0.1) is 23.9 Å². The molecule has 0 radical (unpaired) electrons. The monoisotopic (exact) mass is 277 g/mol. The predicted molar refractivity (Wildman–Crippen MR) is 71.9 cm³/mol. The van der Waals surface area contributed by atoms with Crippen molar-refractivity contribution in [3.8, 4) is 5.75 Å². The average Bonchev–Trinajstić information content (AvgIpc) is 2.41. The highest BCUT2D eigenvalue weighted by atomic mass is 19.1. The van der Waals surface area contributed by atoms with Gasteiger partial charge in [-0.15, -0.1) is 0 Å². The molecule has 2 aromatic rings. The zero-order valence-corrected chi connectivity index (χ0v) is 11.0. The number of aryl methyl sites for hydroxylation is 1. The van der Waals surface area contributed by atoms with Crippen LogP contribution in [0.3, 0.4) is 0 Å². The molecule has 0 spiro atoms. The van der Waals surface area contributed by atoms with Crippen LogP contribution in [0.5, 0.6) is 5.75 Å². The van der Waals surface area contributed by atoms with Crippen LogP contribution in [0.1, 0.15) is 21.5 Å². The number of ketones is 1. The lowest BCUT2D eigenvalue weighted by atomic mass is 10.00. The second kappa shape index (κ2) is 5.28. The van der Waals surface area contributed by atoms with Gasteiger partial charge in [-0.05, 0) is 36.8 Å². The summed E-state index contributed by atoms with van der Waals surface area (Å²) >= 11 is 0. The van der Waals surface area contributed by atoms with Gasteiger partial charge in [0.2, 0.25) is 0 Å². The lowest BCUT2D eigenvalue weighted by molar-refractivity contribution is 0.103. The minimum atomic E-state index is -0.779. The molecule has 2 rings (SSSR count). The summed E-state index contributed by atoms with van der Waals surface area (Å²) in [5, 5.41) is 0. The molecule has 3 nitrogen and oxygen atoms in total. The fourth-order valence-electron chi connectivity index (χ4n) is 1.93. The molecule has 0 saturated heterocycles. The molecule has 0 aliphatic carbocycles. The Hall–Kier alpha value is -2.43. The van der Waals surface area contributed by atoms with E-state index in [1.54, 1.807) is 12.1 Å². The highest BCUT2D eigenvalue weighted by Gasteiger charge is 2.20. The van der Waals surface area contributed by atoms with E-state index < -0.39 is 17.4 Å². The van der Waals surface area contributed by atoms with Crippen LogP contribution in [0.2, 0.25) is 0 Å². The highest BCUT2D eigenvalue weighted by Crippen LogP contribution is 2.29. The Morgan fingerprint density at radius 3 is 2.50 bits per heavy atom. The van der Waals surface area contributed by atoms with Gasteiger partial charge in [-0.25, -0.2) is 8.78 Å². The quantitative estimate of drug-likeness (QED) is 0.693. The molecule has 0 heterocycles. The first-order valence-electron chi connectivity index (χ1n) is 5.88. The molecule has 0 aromatic heterocycles. The van der Waals surface area contributed by atoms with Gasteiger partial charge < -0.3 is 10.5 Å². The van der Waals surface area contributed by atoms with E-state index in [0.29, 0.717) is 0 Å². The van der Waals surface area contributed by atoms with Crippen LogP contribution in [-0.2, 0) is 0 Å². The van der Waals surface area contributed by atoms with Gasteiger partial charge in [0.1, 0.15) is 11.6 Å². The minimum Gasteiger partial charge on any atom is -0.494 e. The number of hydrogen-bond acceptors (Lipinski definition) is 3. The zero-order valence-electron chi connectivity index (χ0n) is 11.0. The van der Waals surface area contributed by atoms with Crippen molar-refractivity contribution in [1.29, 1.82) is 0 Å². The number of rotatable bonds is 3. The number of ether oxygens (including phenoxy) is 1. The largest absolute Gasteiger partial charge is 0.494 e. The summed E-state index contributed by atoms with van der Waals surface area (Å²) in [7, 11) is 1.36. The van der Waals surface area contributed by atoms with Gasteiger partial charge >= 0.3 is 0 Å². The Morgan fingerprint density at radius 2 is 1.85 bits per heavy atom. The van der Waals surface area contributed by atoms with E-state index in [2.05, 4.69) is 0 Å². The van der Waals surface area contributed by atoms with Gasteiger partial charge in [-0.2, -0.15) is 0 Å². The number of para-hydroxylation sites is 1. The molecule has 20 heavy (non-hydrogen) atoms. The number of carbonyl (C=O) groups is 1. The summed E-state index contributed by atoms with van der Waals surface area (Å²) in [6, 6.07) is 6.43. The van der Waals surface area contributed by atoms with Gasteiger partial charge in [-0.1, -0.05) is 6.07 Å². The van der Waals surface area contributed by atoms with E-state index in [0.717, 1.165) is 12.1 Å². The van der Waals surface area contributed by atoms with Crippen molar-refractivity contribution in [2.24, 2.45) is 0 Å². The van der Waals surface area contributed by atoms with Gasteiger partial charge in [-0.3, -0.25) is 4.79 Å². The predicted octanol–water partition coefficient (Wildman–Crippen LogP) is 3.10. The normalized spacial score (nSPS) is 10.4. The molecule has 0 atom stereocenters. The molecule has 0 amide bonds. The minimum absolute atomic E-state index is 0.0923. The van der Waals surface area contributed by atoms with Gasteiger partial charge in [0.25, 0.3) is 0 Å². The fourth-order valence-corrected chi connectivity index (χ4v) is 1.93. The number of methoxy groups -OCH3 is 1. The summed E-state index contributed by atoms with van der Waals surface area (Å²) in [4.78, 5) is 12.3. The highest BCUT2D eigenvalue weighted by molar-refractivity contribution is 6.11. The zero-order chi connectivity index (χ0) is 14.9. The van der Waals surface area contributed by atoms with Crippen LogP contribution >= 0.6 is 0 Å². The van der Waals surface area contributed by atoms with E-state index in [-0.39, 0.29) is 28.1 Å². The molecule has 104 valence electrons. The molecule has 0 saturated carbocycles. The van der Waals surface area contributed by atoms with Crippen LogP contribution in [0.25, 0.3) is 0 Å². The van der Waals surface area contributed by atoms with Crippen molar-refractivity contribution in [3.63, 3.8) is 0 Å². The molecule has 5 heteroatoms. The van der Waals surface area contributed by atoms with Crippen molar-refractivity contribution in [2.75, 3.05) is 12.8 Å². The summed E-state index contributed by atoms with van der Waals surface area (Å²) in [5.41, 5.74) is 5.83. The number of benzene rings is 2. The number of halogens is 2. The van der Waals surface area contributed by atoms with Crippen LogP contribution in [0, 0.1) is 18.6 Å². The summed E-state index contributed by atoms with van der Waals surface area (Å²) in [6.07, 6.45) is 0. The standard InChI is InChI=1S/C15H13F2NO2/c1-8-6-12(17)10(7-11(8)16)14(19)9-4-3-5-13(18)15(9)20-2/h3-7H,18H2,1-2H3. The molecule has 0 aliphatic heterocycles. The second-order valence-corrected chi connectivity index (χ2v) is 4.34. The third-order valence-corrected chi connectivity index (χ3v) is 2.99. The van der Waals surface area contributed by atoms with E-state index in [1.165, 1.54) is 20.1 Å². The third kappa shape index (κ3) is 2.34. The van der Waals surface area contributed by atoms with Crippen molar-refractivity contribution >= 4 is 11.5 Å². The maximum atomic E-state index is 13.8. The van der Waals surface area contributed by atoms with Crippen LogP contribution in [0.4, 0.5) is 14.5 Å². The van der Waals surface area contributed by atoms with E-state index in [9.17, 15) is 13.6 Å². The number of nitrogen functional groups attached to an aromatic ring is 1. The Morgan fingerprint density at radius 1 is 1.15 bits per heavy atom. The topological polar surface area (TPSA) is 52.3 Å². The summed E-state index contributed by atoms with van der Waals surface area (Å²) < 4.78 is 32.4. The fraction of sp³-hybridized carbons (Fsp3) is 0.133. The lowest BCUT2D eigenvalue weighted by Gasteiger charge is -2.11. The molecule has 0 unspecified atom stereocenters. The van der Waals surface area contributed by atoms with Crippen LogP contribution in [0.15, 0.2) is 30.3 Å². The van der Waals surface area contributed by atoms with Gasteiger partial charge in [0.15, 0.2) is 11.5 Å². The number of anilines is 1. The van der Waals surface area contributed by atoms with E-state index in [1.807, 2.05) is 0 Å². The Kier molecular flexibility index (Phi) is 3.70. The molecule has 0 fully saturated rings. The van der Waals surface area contributed by atoms with Crippen molar-refractivity contribution in [1.82, 2.24) is 0 Å². The van der Waals surface area contributed by atoms with Crippen molar-refractivity contribution in [2.45, 2.75) is 6.92 Å². The maximum absolute atomic E-state index is 13.8. The number of hydrogen-bond donors (Lipinski definition) is 1. The third-order valence-electron chi connectivity index (χ3n) is 2.99. The molecular weight excluding hydrogens is 264 g/mol. The van der Waals surface area contributed by atoms with Gasteiger partial charge in [0, 0.05) is 0 Å². The number of carbonyl (C=O) groups excluding carboxylic acids is 1. The van der Waals surface area contributed by atoms with Crippen molar-refractivity contribution in [3.05, 3.63) is 58.7 Å². The number of nitrogens with two attached hydrogens (primary N) is 1. The maximum Gasteiger partial charge on any atom is 0.199 e. The second-order valence-electron chi connectivity index (χ2n) is 4.34. The molecular formula is C15H13F2NO2. The molecule has 0 bridgehead atoms. The smallest absolute Gasteiger partial charge is 0.199 e. The molecule has 2 aromatic carbocycles. The molecule has 0 aliphatic rings. The Balaban J connectivity index is 2.58. The first-order chi connectivity index (χ1) is 9.45. The lowest BCUT2D eigenvalue weighted by Crippen LogP contribution is -2.09. The Labute approximate surface area is 115 Å². The SMILES string of the molecule is COc1c(N)cccc1C(=O)c1cc(F)c(C)cc1F. The summed E-state index contributed by atoms with van der Waals surface area (Å²) in [6.45, 7) is 1.42. The van der Waals surface area contributed by atoms with Crippen LogP contribution in [-0.4, -0.2) is 12.9 Å². The molecule has 2 N–H and O–H groups in total. The van der Waals surface area contributed by atoms with Crippen molar-refractivity contribution < 1.29 is 18.3 Å². The first-order valence-corrected chi connectivity index (χ1v) is 5.88. The summed E-state index contributed by atoms with van der Waals surface area (Å²) in [5.74, 6) is -1.94. The van der Waals surface area contributed by atoms with E-state index >= 15 is 0 Å². The first kappa shape index (κ1) is 14.0. The van der Waals surface area contributed by atoms with Crippen LogP contribution < -0.4 is 10.5 Å². The average molecular weight is 277 g/mol.